The van der Waals surface area contributed by atoms with Crippen molar-refractivity contribution in [3.8, 4) is 11.5 Å². The maximum absolute atomic E-state index is 12.0. The van der Waals surface area contributed by atoms with Crippen LogP contribution in [0.3, 0.4) is 0 Å². The van der Waals surface area contributed by atoms with Crippen molar-refractivity contribution in [1.82, 2.24) is 5.32 Å². The van der Waals surface area contributed by atoms with Crippen molar-refractivity contribution in [2.24, 2.45) is 0 Å². The van der Waals surface area contributed by atoms with Gasteiger partial charge in [0.25, 0.3) is 0 Å². The van der Waals surface area contributed by atoms with E-state index < -0.39 is 11.8 Å². The predicted molar refractivity (Wildman–Crippen MR) is 55.4 cm³/mol. The molecule has 1 heterocycles. The molecule has 0 fully saturated rings. The topological polar surface area (TPSA) is 47.6 Å². The van der Waals surface area contributed by atoms with Crippen molar-refractivity contribution in [3.05, 3.63) is 23.8 Å². The number of ether oxygens (including phenoxy) is 2. The number of hydrogen-bond acceptors (Lipinski definition) is 4. The molecule has 1 aliphatic rings. The highest BCUT2D eigenvalue weighted by Gasteiger charge is 2.18. The van der Waals surface area contributed by atoms with E-state index in [0.29, 0.717) is 17.1 Å². The molecule has 1 aliphatic heterocycles. The smallest absolute Gasteiger partial charge is 0.231 e. The van der Waals surface area contributed by atoms with Crippen LogP contribution in [0.25, 0.3) is 0 Å². The fraction of sp³-hybridized carbons (Fsp3) is 0.364. The third-order valence-electron chi connectivity index (χ3n) is 2.24. The molecule has 0 amide bonds. The minimum atomic E-state index is -1.50. The summed E-state index contributed by atoms with van der Waals surface area (Å²) in [5, 5.41) is 2.50. The lowest BCUT2D eigenvalue weighted by molar-refractivity contribution is 0.0954. The zero-order chi connectivity index (χ0) is 12.5. The largest absolute Gasteiger partial charge is 0.454 e. The van der Waals surface area contributed by atoms with Gasteiger partial charge in [0.05, 0.1) is 7.39 Å². The number of ketones is 1. The number of benzene rings is 1. The second-order valence-corrected chi connectivity index (χ2v) is 3.20. The van der Waals surface area contributed by atoms with E-state index in [-0.39, 0.29) is 13.8 Å². The zero-order valence-electron chi connectivity index (χ0n) is 10.4. The summed E-state index contributed by atoms with van der Waals surface area (Å²) < 4.78 is 25.1. The van der Waals surface area contributed by atoms with Crippen LogP contribution in [0.15, 0.2) is 18.2 Å². The summed E-state index contributed by atoms with van der Waals surface area (Å²) in [6, 6.07) is 3.29. The van der Waals surface area contributed by atoms with Gasteiger partial charge in [-0.05, 0) is 32.1 Å². The molecule has 2 rings (SSSR count). The van der Waals surface area contributed by atoms with E-state index in [1.54, 1.807) is 18.2 Å². The summed E-state index contributed by atoms with van der Waals surface area (Å²) in [5.41, 5.74) is 0.368. The molecule has 0 aromatic heterocycles. The Morgan fingerprint density at radius 3 is 3.20 bits per heavy atom. The first kappa shape index (κ1) is 7.70. The fourth-order valence-corrected chi connectivity index (χ4v) is 1.33. The Morgan fingerprint density at radius 2 is 2.40 bits per heavy atom. The summed E-state index contributed by atoms with van der Waals surface area (Å²) in [4.78, 5) is 12.0. The molecule has 1 N–H and O–H groups in total. The SMILES string of the molecule is [2H]CN[C@@]([2H])(C)C(=O)c1ccc2c(c1)OCO2. The number of nitrogens with one attached hydrogen (secondary N) is 1. The van der Waals surface area contributed by atoms with Crippen molar-refractivity contribution in [3.63, 3.8) is 0 Å². The van der Waals surface area contributed by atoms with Crippen LogP contribution in [0.5, 0.6) is 11.5 Å². The van der Waals surface area contributed by atoms with Crippen LogP contribution in [0.4, 0.5) is 0 Å². The molecule has 4 nitrogen and oxygen atoms in total. The number of hydrogen-bond donors (Lipinski definition) is 1. The van der Waals surface area contributed by atoms with E-state index >= 15 is 0 Å². The molecule has 0 radical (unpaired) electrons. The molecule has 0 aliphatic carbocycles. The molecule has 15 heavy (non-hydrogen) atoms. The van der Waals surface area contributed by atoms with Gasteiger partial charge in [-0.3, -0.25) is 4.79 Å². The van der Waals surface area contributed by atoms with Crippen LogP contribution in [0.1, 0.15) is 20.0 Å². The molecule has 1 aromatic rings. The summed E-state index contributed by atoms with van der Waals surface area (Å²) in [7, 11) is -0.184. The Morgan fingerprint density at radius 1 is 1.60 bits per heavy atom. The van der Waals surface area contributed by atoms with Crippen molar-refractivity contribution < 1.29 is 17.0 Å². The number of carbonyl (C=O) groups excluding carboxylic acids is 1. The summed E-state index contributed by atoms with van der Waals surface area (Å²) in [5.74, 6) is 0.710. The van der Waals surface area contributed by atoms with Gasteiger partial charge in [-0.25, -0.2) is 0 Å². The van der Waals surface area contributed by atoms with Crippen LogP contribution in [-0.2, 0) is 0 Å². The van der Waals surface area contributed by atoms with Gasteiger partial charge in [-0.1, -0.05) is 0 Å². The third kappa shape index (κ3) is 1.80. The maximum Gasteiger partial charge on any atom is 0.231 e. The highest BCUT2D eigenvalue weighted by atomic mass is 16.7. The highest BCUT2D eigenvalue weighted by molar-refractivity contribution is 6.00. The molecule has 0 saturated carbocycles. The Labute approximate surface area is 91.0 Å². The number of fused-ring (bicyclic) bond motifs is 1. The van der Waals surface area contributed by atoms with Crippen molar-refractivity contribution in [2.45, 2.75) is 12.9 Å². The normalized spacial score (nSPS) is 19.0. The number of Topliss-reactive ketones (excluding diaryl/α,β-unsaturated/α-hetero) is 1. The Balaban J connectivity index is 2.26. The van der Waals surface area contributed by atoms with Crippen LogP contribution in [0.2, 0.25) is 0 Å². The molecule has 80 valence electrons. The summed E-state index contributed by atoms with van der Waals surface area (Å²) in [6.07, 6.45) is 0. The maximum atomic E-state index is 12.0. The quantitative estimate of drug-likeness (QED) is 0.760. The van der Waals surface area contributed by atoms with Crippen molar-refractivity contribution in [1.29, 1.82) is 0 Å². The van der Waals surface area contributed by atoms with Gasteiger partial charge in [0.15, 0.2) is 17.3 Å². The lowest BCUT2D eigenvalue weighted by Crippen LogP contribution is -2.30. The van der Waals surface area contributed by atoms with E-state index in [1.807, 2.05) is 0 Å². The third-order valence-corrected chi connectivity index (χ3v) is 2.24. The minimum Gasteiger partial charge on any atom is -0.454 e. The number of rotatable bonds is 3. The number of carbonyl (C=O) groups is 1. The Hall–Kier alpha value is -1.55. The summed E-state index contributed by atoms with van der Waals surface area (Å²) >= 11 is 0. The molecule has 0 spiro atoms. The van der Waals surface area contributed by atoms with E-state index in [9.17, 15) is 4.79 Å². The van der Waals surface area contributed by atoms with E-state index in [4.69, 9.17) is 12.2 Å². The number of likely N-dealkylation sites (N-methyl/N-ethyl adjacent to an activating group) is 1. The van der Waals surface area contributed by atoms with Gasteiger partial charge in [-0.2, -0.15) is 0 Å². The van der Waals surface area contributed by atoms with Gasteiger partial charge in [-0.15, -0.1) is 0 Å². The Kier molecular flexibility index (Phi) is 2.00. The zero-order valence-corrected chi connectivity index (χ0v) is 8.37. The summed E-state index contributed by atoms with van der Waals surface area (Å²) in [6.45, 7) is 1.57. The van der Waals surface area contributed by atoms with Gasteiger partial charge >= 0.3 is 0 Å². The molecular weight excluding hydrogens is 194 g/mol. The minimum absolute atomic E-state index is 0.149. The molecular formula is C11H13NO3. The Bertz CT molecular complexity index is 448. The molecule has 1 aromatic carbocycles. The molecule has 0 bridgehead atoms. The van der Waals surface area contributed by atoms with E-state index in [2.05, 4.69) is 5.32 Å². The van der Waals surface area contributed by atoms with Crippen LogP contribution < -0.4 is 14.8 Å². The van der Waals surface area contributed by atoms with Gasteiger partial charge < -0.3 is 14.8 Å². The van der Waals surface area contributed by atoms with Crippen LogP contribution in [0, 0.1) is 0 Å². The first-order chi connectivity index (χ1) is 8.04. The lowest BCUT2D eigenvalue weighted by atomic mass is 10.1. The second-order valence-electron chi connectivity index (χ2n) is 3.20. The lowest BCUT2D eigenvalue weighted by Gasteiger charge is -2.09. The molecule has 0 unspecified atom stereocenters. The van der Waals surface area contributed by atoms with E-state index in [0.717, 1.165) is 0 Å². The standard InChI is InChI=1S/C11H13NO3/c1-7(12-2)11(13)8-3-4-9-10(5-8)15-6-14-9/h3-5,7,12H,6H2,1-2H3/t7-/m0/s1/i2D,7D. The van der Waals surface area contributed by atoms with Gasteiger partial charge in [0.1, 0.15) is 0 Å². The highest BCUT2D eigenvalue weighted by Crippen LogP contribution is 2.32. The average molecular weight is 209 g/mol. The molecule has 0 saturated heterocycles. The van der Waals surface area contributed by atoms with Crippen molar-refractivity contribution >= 4 is 5.78 Å². The van der Waals surface area contributed by atoms with Crippen LogP contribution in [-0.4, -0.2) is 25.6 Å². The molecule has 1 atom stereocenters. The molecule has 4 heteroatoms. The van der Waals surface area contributed by atoms with Crippen LogP contribution >= 0.6 is 0 Å². The van der Waals surface area contributed by atoms with Crippen molar-refractivity contribution in [2.75, 3.05) is 13.8 Å². The monoisotopic (exact) mass is 209 g/mol. The van der Waals surface area contributed by atoms with Gasteiger partial charge in [0.2, 0.25) is 6.79 Å². The second kappa shape index (κ2) is 3.90. The first-order valence-corrected chi connectivity index (χ1v) is 4.53. The first-order valence-electron chi connectivity index (χ1n) is 5.74. The average Bonchev–Trinajstić information content (AvgIpc) is 2.74. The van der Waals surface area contributed by atoms with Gasteiger partial charge in [0, 0.05) is 6.93 Å². The van der Waals surface area contributed by atoms with E-state index in [1.165, 1.54) is 6.92 Å². The predicted octanol–water partition coefficient (Wildman–Crippen LogP) is 1.21. The fourth-order valence-electron chi connectivity index (χ4n) is 1.33.